The lowest BCUT2D eigenvalue weighted by molar-refractivity contribution is 0.0316. The molecule has 0 aliphatic heterocycles. The van der Waals surface area contributed by atoms with Crippen LogP contribution in [0.4, 0.5) is 0 Å². The molecule has 2 rings (SSSR count). The molecule has 4 nitrogen and oxygen atoms in total. The van der Waals surface area contributed by atoms with Crippen LogP contribution in [0.1, 0.15) is 33.2 Å². The van der Waals surface area contributed by atoms with Gasteiger partial charge in [-0.3, -0.25) is 4.79 Å². The summed E-state index contributed by atoms with van der Waals surface area (Å²) < 4.78 is 5.12. The van der Waals surface area contributed by atoms with E-state index in [-0.39, 0.29) is 17.1 Å². The minimum Gasteiger partial charge on any atom is -0.507 e. The van der Waals surface area contributed by atoms with Crippen molar-refractivity contribution in [2.45, 2.75) is 20.0 Å². The monoisotopic (exact) mass is 284 g/mol. The zero-order valence-electron chi connectivity index (χ0n) is 11.9. The maximum atomic E-state index is 12.2. The first-order chi connectivity index (χ1) is 9.99. The van der Waals surface area contributed by atoms with E-state index in [1.807, 2.05) is 19.1 Å². The van der Waals surface area contributed by atoms with E-state index < -0.39 is 12.1 Å². The molecule has 0 amide bonds. The summed E-state index contributed by atoms with van der Waals surface area (Å²) in [6.45, 7) is 3.44. The van der Waals surface area contributed by atoms with Crippen molar-refractivity contribution in [3.05, 3.63) is 65.2 Å². The van der Waals surface area contributed by atoms with Crippen molar-refractivity contribution in [2.75, 3.05) is 0 Å². The van der Waals surface area contributed by atoms with Gasteiger partial charge in [0.1, 0.15) is 11.3 Å². The Bertz CT molecular complexity index is 659. The topological polar surface area (TPSA) is 63.6 Å². The van der Waals surface area contributed by atoms with Crippen molar-refractivity contribution in [2.24, 2.45) is 0 Å². The zero-order valence-corrected chi connectivity index (χ0v) is 11.9. The van der Waals surface area contributed by atoms with Gasteiger partial charge in [-0.05, 0) is 26.0 Å². The zero-order chi connectivity index (χ0) is 15.4. The Morgan fingerprint density at radius 2 is 1.67 bits per heavy atom. The van der Waals surface area contributed by atoms with Gasteiger partial charge in [0, 0.05) is 5.56 Å². The summed E-state index contributed by atoms with van der Waals surface area (Å²) in [6.07, 6.45) is -0.917. The van der Waals surface area contributed by atoms with Crippen LogP contribution in [0.15, 0.2) is 48.5 Å². The maximum absolute atomic E-state index is 12.2. The molecule has 0 heterocycles. The van der Waals surface area contributed by atoms with Crippen molar-refractivity contribution in [1.29, 1.82) is 0 Å². The lowest BCUT2D eigenvalue weighted by atomic mass is 10.1. The number of phenols is 1. The predicted octanol–water partition coefficient (Wildman–Crippen LogP) is 3.13. The number of ether oxygens (including phenoxy) is 1. The molecular formula is C17H16O4. The second-order valence-electron chi connectivity index (χ2n) is 4.79. The smallest absolute Gasteiger partial charge is 0.342 e. The highest BCUT2D eigenvalue weighted by atomic mass is 16.5. The van der Waals surface area contributed by atoms with Crippen molar-refractivity contribution >= 4 is 11.8 Å². The Hall–Kier alpha value is -2.62. The number of ketones is 1. The largest absolute Gasteiger partial charge is 0.507 e. The second-order valence-corrected chi connectivity index (χ2v) is 4.79. The van der Waals surface area contributed by atoms with Crippen LogP contribution in [-0.4, -0.2) is 23.0 Å². The number of hydrogen-bond donors (Lipinski definition) is 1. The van der Waals surface area contributed by atoms with Crippen molar-refractivity contribution in [1.82, 2.24) is 0 Å². The fourth-order valence-corrected chi connectivity index (χ4v) is 1.88. The second kappa shape index (κ2) is 6.22. The van der Waals surface area contributed by atoms with Gasteiger partial charge in [0.15, 0.2) is 6.10 Å². The fraction of sp³-hybridized carbons (Fsp3) is 0.176. The minimum absolute atomic E-state index is 0.0426. The number of carbonyl (C=O) groups is 2. The van der Waals surface area contributed by atoms with E-state index in [9.17, 15) is 14.7 Å². The van der Waals surface area contributed by atoms with Gasteiger partial charge in [0.05, 0.1) is 0 Å². The molecule has 0 unspecified atom stereocenters. The number of para-hydroxylation sites is 1. The Morgan fingerprint density at radius 1 is 1.05 bits per heavy atom. The number of esters is 1. The molecular weight excluding hydrogens is 268 g/mol. The number of hydrogen-bond acceptors (Lipinski definition) is 4. The average molecular weight is 284 g/mol. The van der Waals surface area contributed by atoms with E-state index in [2.05, 4.69) is 0 Å². The van der Waals surface area contributed by atoms with Crippen LogP contribution in [0.2, 0.25) is 0 Å². The average Bonchev–Trinajstić information content (AvgIpc) is 2.47. The molecule has 0 aliphatic rings. The molecule has 0 saturated heterocycles. The van der Waals surface area contributed by atoms with Crippen molar-refractivity contribution in [3.63, 3.8) is 0 Å². The molecule has 2 aromatic carbocycles. The standard InChI is InChI=1S/C17H16O4/c1-11-7-9-13(10-8-11)16(19)12(2)21-17(20)14-5-3-4-6-15(14)18/h3-10,12,18H,1-2H3/t12-/m1/s1. The summed E-state index contributed by atoms with van der Waals surface area (Å²) in [4.78, 5) is 24.1. The number of carbonyl (C=O) groups excluding carboxylic acids is 2. The lowest BCUT2D eigenvalue weighted by Crippen LogP contribution is -2.24. The highest BCUT2D eigenvalue weighted by molar-refractivity contribution is 6.01. The SMILES string of the molecule is Cc1ccc(C(=O)[C@@H](C)OC(=O)c2ccccc2O)cc1. The van der Waals surface area contributed by atoms with E-state index in [0.717, 1.165) is 5.56 Å². The molecule has 0 saturated carbocycles. The van der Waals surface area contributed by atoms with Gasteiger partial charge >= 0.3 is 5.97 Å². The summed E-state index contributed by atoms with van der Waals surface area (Å²) in [7, 11) is 0. The van der Waals surface area contributed by atoms with Gasteiger partial charge < -0.3 is 9.84 Å². The number of Topliss-reactive ketones (excluding diaryl/α,β-unsaturated/α-hetero) is 1. The van der Waals surface area contributed by atoms with Crippen LogP contribution < -0.4 is 0 Å². The number of rotatable bonds is 4. The van der Waals surface area contributed by atoms with Crippen LogP contribution in [0.25, 0.3) is 0 Å². The van der Waals surface area contributed by atoms with Gasteiger partial charge in [0.2, 0.25) is 5.78 Å². The summed E-state index contributed by atoms with van der Waals surface area (Å²) in [5, 5.41) is 9.59. The molecule has 0 bridgehead atoms. The number of benzene rings is 2. The van der Waals surface area contributed by atoms with Crippen LogP contribution in [-0.2, 0) is 4.74 Å². The van der Waals surface area contributed by atoms with Crippen molar-refractivity contribution in [3.8, 4) is 5.75 Å². The third-order valence-electron chi connectivity index (χ3n) is 3.11. The van der Waals surface area contributed by atoms with E-state index in [1.54, 1.807) is 24.3 Å². The normalized spacial score (nSPS) is 11.7. The molecule has 2 aromatic rings. The third-order valence-corrected chi connectivity index (χ3v) is 3.11. The Kier molecular flexibility index (Phi) is 4.38. The quantitative estimate of drug-likeness (QED) is 0.692. The molecule has 21 heavy (non-hydrogen) atoms. The molecule has 4 heteroatoms. The van der Waals surface area contributed by atoms with E-state index in [0.29, 0.717) is 5.56 Å². The van der Waals surface area contributed by atoms with E-state index in [4.69, 9.17) is 4.74 Å². The number of aryl methyl sites for hydroxylation is 1. The molecule has 1 atom stereocenters. The Balaban J connectivity index is 2.09. The molecule has 0 fully saturated rings. The Morgan fingerprint density at radius 3 is 2.29 bits per heavy atom. The molecule has 0 radical (unpaired) electrons. The van der Waals surface area contributed by atoms with Crippen molar-refractivity contribution < 1.29 is 19.4 Å². The molecule has 108 valence electrons. The maximum Gasteiger partial charge on any atom is 0.342 e. The van der Waals surface area contributed by atoms with Gasteiger partial charge in [-0.2, -0.15) is 0 Å². The molecule has 0 aromatic heterocycles. The third kappa shape index (κ3) is 3.48. The van der Waals surface area contributed by atoms with Crippen LogP contribution in [0.5, 0.6) is 5.75 Å². The molecule has 1 N–H and O–H groups in total. The summed E-state index contributed by atoms with van der Waals surface area (Å²) in [5.74, 6) is -1.17. The molecule has 0 spiro atoms. The van der Waals surface area contributed by atoms with E-state index in [1.165, 1.54) is 19.1 Å². The first-order valence-electron chi connectivity index (χ1n) is 6.59. The predicted molar refractivity (Wildman–Crippen MR) is 78.5 cm³/mol. The first-order valence-corrected chi connectivity index (χ1v) is 6.59. The number of phenolic OH excluding ortho intramolecular Hbond substituents is 1. The van der Waals surface area contributed by atoms with Gasteiger partial charge in [-0.25, -0.2) is 4.79 Å². The first kappa shape index (κ1) is 14.8. The molecule has 0 aliphatic carbocycles. The van der Waals surface area contributed by atoms with Crippen LogP contribution >= 0.6 is 0 Å². The van der Waals surface area contributed by atoms with Gasteiger partial charge in [-0.1, -0.05) is 42.0 Å². The summed E-state index contributed by atoms with van der Waals surface area (Å²) in [5.41, 5.74) is 1.57. The fourth-order valence-electron chi connectivity index (χ4n) is 1.88. The minimum atomic E-state index is -0.917. The van der Waals surface area contributed by atoms with Gasteiger partial charge in [0.25, 0.3) is 0 Å². The van der Waals surface area contributed by atoms with Crippen LogP contribution in [0.3, 0.4) is 0 Å². The van der Waals surface area contributed by atoms with E-state index >= 15 is 0 Å². The summed E-state index contributed by atoms with van der Waals surface area (Å²) in [6, 6.07) is 13.1. The number of aromatic hydroxyl groups is 1. The van der Waals surface area contributed by atoms with Crippen LogP contribution in [0, 0.1) is 6.92 Å². The lowest BCUT2D eigenvalue weighted by Gasteiger charge is -2.13. The summed E-state index contributed by atoms with van der Waals surface area (Å²) >= 11 is 0. The van der Waals surface area contributed by atoms with Gasteiger partial charge in [-0.15, -0.1) is 0 Å². The highest BCUT2D eigenvalue weighted by Gasteiger charge is 2.21. The Labute approximate surface area is 123 Å². The highest BCUT2D eigenvalue weighted by Crippen LogP contribution is 2.18.